The average Bonchev–Trinajstić information content (AvgIpc) is 2.89. The summed E-state index contributed by atoms with van der Waals surface area (Å²) in [6.45, 7) is 9.38. The fraction of sp³-hybridized carbons (Fsp3) is 0.588. The van der Waals surface area contributed by atoms with Crippen molar-refractivity contribution in [1.29, 1.82) is 0 Å². The van der Waals surface area contributed by atoms with E-state index in [1.54, 1.807) is 6.92 Å². The number of esters is 1. The van der Waals surface area contributed by atoms with Crippen molar-refractivity contribution in [3.8, 4) is 5.75 Å². The molecule has 0 radical (unpaired) electrons. The molecule has 0 spiro atoms. The van der Waals surface area contributed by atoms with Crippen molar-refractivity contribution in [3.63, 3.8) is 0 Å². The minimum atomic E-state index is -1.25. The van der Waals surface area contributed by atoms with E-state index in [-0.39, 0.29) is 24.3 Å². The molecule has 2 rings (SSSR count). The highest BCUT2D eigenvalue weighted by molar-refractivity contribution is 7.90. The van der Waals surface area contributed by atoms with Crippen LogP contribution in [0, 0.1) is 5.82 Å². The molecule has 1 heterocycles. The Labute approximate surface area is 145 Å². The molecule has 1 aliphatic rings. The van der Waals surface area contributed by atoms with Crippen LogP contribution in [0.25, 0.3) is 0 Å². The zero-order valence-corrected chi connectivity index (χ0v) is 15.5. The molecule has 2 unspecified atom stereocenters. The van der Waals surface area contributed by atoms with Gasteiger partial charge < -0.3 is 14.0 Å². The van der Waals surface area contributed by atoms with Gasteiger partial charge in [0.05, 0.1) is 12.6 Å². The molecule has 1 aromatic carbocycles. The third-order valence-electron chi connectivity index (χ3n) is 3.72. The molecule has 3 atom stereocenters. The maximum absolute atomic E-state index is 13.8. The number of fused-ring (bicyclic) bond motifs is 1. The first kappa shape index (κ1) is 19.0. The molecule has 0 fully saturated rings. The zero-order chi connectivity index (χ0) is 18.1. The van der Waals surface area contributed by atoms with Crippen molar-refractivity contribution in [3.05, 3.63) is 29.1 Å². The van der Waals surface area contributed by atoms with Gasteiger partial charge in [-0.2, -0.15) is 0 Å². The Morgan fingerprint density at radius 1 is 1.54 bits per heavy atom. The molecule has 0 saturated heterocycles. The number of nitrogens with one attached hydrogen (secondary N) is 1. The number of carbonyl (C=O) groups excluding carboxylic acids is 1. The van der Waals surface area contributed by atoms with Crippen LogP contribution in [0.1, 0.15) is 50.5 Å². The first-order chi connectivity index (χ1) is 11.1. The van der Waals surface area contributed by atoms with Gasteiger partial charge in [0.25, 0.3) is 0 Å². The number of hydrogen-bond acceptors (Lipinski definition) is 5. The smallest absolute Gasteiger partial charge is 0.342 e. The van der Waals surface area contributed by atoms with Crippen LogP contribution in [0.15, 0.2) is 12.1 Å². The number of ether oxygens (including phenoxy) is 2. The Morgan fingerprint density at radius 2 is 2.21 bits per heavy atom. The highest BCUT2D eigenvalue weighted by Crippen LogP contribution is 2.35. The summed E-state index contributed by atoms with van der Waals surface area (Å²) in [6.07, 6.45) is 0.107. The van der Waals surface area contributed by atoms with E-state index in [0.29, 0.717) is 17.7 Å². The lowest BCUT2D eigenvalue weighted by atomic mass is 10.0. The molecular weight excluding hydrogens is 333 g/mol. The highest BCUT2D eigenvalue weighted by Gasteiger charge is 2.36. The summed E-state index contributed by atoms with van der Waals surface area (Å²) in [4.78, 5) is 12.0. The summed E-state index contributed by atoms with van der Waals surface area (Å²) in [5.41, 5.74) is 0.719. The molecule has 24 heavy (non-hydrogen) atoms. The molecule has 5 nitrogen and oxygen atoms in total. The van der Waals surface area contributed by atoms with Crippen molar-refractivity contribution < 1.29 is 23.2 Å². The van der Waals surface area contributed by atoms with Crippen LogP contribution in [-0.4, -0.2) is 34.0 Å². The number of rotatable bonds is 5. The quantitative estimate of drug-likeness (QED) is 0.648. The van der Waals surface area contributed by atoms with E-state index in [1.807, 2.05) is 27.7 Å². The van der Waals surface area contributed by atoms with Crippen LogP contribution in [0.4, 0.5) is 4.39 Å². The molecule has 0 saturated carbocycles. The minimum Gasteiger partial charge on any atom is -0.598 e. The van der Waals surface area contributed by atoms with E-state index in [9.17, 15) is 13.7 Å². The van der Waals surface area contributed by atoms with Crippen LogP contribution in [0.2, 0.25) is 0 Å². The fourth-order valence-corrected chi connectivity index (χ4v) is 3.25. The molecule has 1 N–H and O–H groups in total. The van der Waals surface area contributed by atoms with Gasteiger partial charge in [-0.05, 0) is 46.8 Å². The summed E-state index contributed by atoms with van der Waals surface area (Å²) < 4.78 is 39.5. The number of benzene rings is 1. The summed E-state index contributed by atoms with van der Waals surface area (Å²) in [7, 11) is 0. The van der Waals surface area contributed by atoms with Gasteiger partial charge in [-0.25, -0.2) is 9.18 Å². The Hall–Kier alpha value is -1.31. The first-order valence-corrected chi connectivity index (χ1v) is 9.12. The van der Waals surface area contributed by atoms with Crippen molar-refractivity contribution >= 4 is 17.3 Å². The topological polar surface area (TPSA) is 70.6 Å². The summed E-state index contributed by atoms with van der Waals surface area (Å²) in [5, 5.41) is 0. The second-order valence-corrected chi connectivity index (χ2v) is 8.81. The van der Waals surface area contributed by atoms with Gasteiger partial charge >= 0.3 is 5.97 Å². The Balaban J connectivity index is 2.17. The van der Waals surface area contributed by atoms with Gasteiger partial charge in [-0.1, -0.05) is 0 Å². The second kappa shape index (κ2) is 7.29. The highest BCUT2D eigenvalue weighted by atomic mass is 32.2. The van der Waals surface area contributed by atoms with E-state index in [0.717, 1.165) is 6.07 Å². The largest absolute Gasteiger partial charge is 0.598 e. The van der Waals surface area contributed by atoms with Gasteiger partial charge in [-0.3, -0.25) is 0 Å². The SMILES string of the molecule is CCOC(=O)c1cc(F)cc2c1OC(C(C)N[S@+]([O-])C(C)(C)C)C2. The van der Waals surface area contributed by atoms with Crippen LogP contribution in [0.5, 0.6) is 5.75 Å². The van der Waals surface area contributed by atoms with E-state index >= 15 is 0 Å². The van der Waals surface area contributed by atoms with Crippen LogP contribution >= 0.6 is 0 Å². The monoisotopic (exact) mass is 357 g/mol. The van der Waals surface area contributed by atoms with Crippen molar-refractivity contribution in [2.75, 3.05) is 6.61 Å². The second-order valence-electron chi connectivity index (χ2n) is 6.81. The van der Waals surface area contributed by atoms with Gasteiger partial charge in [0, 0.05) is 23.3 Å². The molecule has 0 bridgehead atoms. The van der Waals surface area contributed by atoms with E-state index in [4.69, 9.17) is 9.47 Å². The third kappa shape index (κ3) is 4.20. The van der Waals surface area contributed by atoms with Crippen molar-refractivity contribution in [2.45, 2.75) is 57.9 Å². The average molecular weight is 357 g/mol. The Kier molecular flexibility index (Phi) is 5.78. The lowest BCUT2D eigenvalue weighted by molar-refractivity contribution is 0.0519. The maximum Gasteiger partial charge on any atom is 0.342 e. The number of halogens is 1. The van der Waals surface area contributed by atoms with E-state index in [2.05, 4.69) is 4.72 Å². The predicted molar refractivity (Wildman–Crippen MR) is 91.0 cm³/mol. The molecule has 1 aliphatic heterocycles. The Morgan fingerprint density at radius 3 is 2.79 bits per heavy atom. The molecule has 134 valence electrons. The fourth-order valence-electron chi connectivity index (χ4n) is 2.41. The van der Waals surface area contributed by atoms with Crippen LogP contribution < -0.4 is 9.46 Å². The van der Waals surface area contributed by atoms with E-state index in [1.165, 1.54) is 6.07 Å². The molecule has 0 aliphatic carbocycles. The lowest BCUT2D eigenvalue weighted by Crippen LogP contribution is -2.49. The van der Waals surface area contributed by atoms with Crippen molar-refractivity contribution in [1.82, 2.24) is 4.72 Å². The summed E-state index contributed by atoms with van der Waals surface area (Å²) in [6, 6.07) is 2.27. The van der Waals surface area contributed by atoms with Crippen molar-refractivity contribution in [2.24, 2.45) is 0 Å². The molecule has 0 aromatic heterocycles. The molecular formula is C17H24FNO4S. The molecule has 1 aromatic rings. The first-order valence-electron chi connectivity index (χ1n) is 7.97. The van der Waals surface area contributed by atoms with Gasteiger partial charge in [-0.15, -0.1) is 4.72 Å². The predicted octanol–water partition coefficient (Wildman–Crippen LogP) is 2.75. The summed E-state index contributed by atoms with van der Waals surface area (Å²) >= 11 is -1.25. The normalized spacial score (nSPS) is 19.4. The van der Waals surface area contributed by atoms with E-state index < -0.39 is 27.9 Å². The lowest BCUT2D eigenvalue weighted by Gasteiger charge is -2.28. The number of carbonyl (C=O) groups is 1. The summed E-state index contributed by atoms with van der Waals surface area (Å²) in [5.74, 6) is -0.747. The van der Waals surface area contributed by atoms with Gasteiger partial charge in [0.15, 0.2) is 0 Å². The molecule has 0 amide bonds. The third-order valence-corrected chi connectivity index (χ3v) is 5.42. The van der Waals surface area contributed by atoms with Gasteiger partial charge in [0.1, 0.15) is 28.0 Å². The van der Waals surface area contributed by atoms with Crippen LogP contribution in [0.3, 0.4) is 0 Å². The maximum atomic E-state index is 13.8. The molecule has 7 heteroatoms. The zero-order valence-electron chi connectivity index (χ0n) is 14.6. The van der Waals surface area contributed by atoms with Crippen LogP contribution in [-0.2, 0) is 22.5 Å². The minimum absolute atomic E-state index is 0.0958. The van der Waals surface area contributed by atoms with Gasteiger partial charge in [0.2, 0.25) is 0 Å². The standard InChI is InChI=1S/C17H24FNO4S/c1-6-22-16(20)13-9-12(18)7-11-8-14(23-15(11)13)10(2)19-24(21)17(3,4)5/h7,9-10,14,19H,6,8H2,1-5H3/t10?,14?,24-/m1/s1. The number of hydrogen-bond donors (Lipinski definition) is 1. The Bertz CT molecular complexity index is 617.